The van der Waals surface area contributed by atoms with Gasteiger partial charge in [0.2, 0.25) is 4.96 Å². The molecule has 0 atom stereocenters. The summed E-state index contributed by atoms with van der Waals surface area (Å²) in [7, 11) is 0. The zero-order valence-electron chi connectivity index (χ0n) is 13.0. The summed E-state index contributed by atoms with van der Waals surface area (Å²) in [5.74, 6) is 0.138. The van der Waals surface area contributed by atoms with Gasteiger partial charge >= 0.3 is 0 Å². The molecule has 4 aromatic rings. The fourth-order valence-electron chi connectivity index (χ4n) is 2.40. The van der Waals surface area contributed by atoms with E-state index in [1.807, 2.05) is 36.4 Å². The highest BCUT2D eigenvalue weighted by Gasteiger charge is 2.08. The van der Waals surface area contributed by atoms with Gasteiger partial charge in [-0.1, -0.05) is 59.9 Å². The second-order valence-corrected chi connectivity index (χ2v) is 6.39. The van der Waals surface area contributed by atoms with Gasteiger partial charge in [0.05, 0.1) is 4.53 Å². The van der Waals surface area contributed by atoms with Gasteiger partial charge in [0, 0.05) is 0 Å². The number of rotatable bonds is 3. The second kappa shape index (κ2) is 6.41. The minimum absolute atomic E-state index is 0.254. The highest BCUT2D eigenvalue weighted by atomic mass is 32.1. The van der Waals surface area contributed by atoms with Crippen molar-refractivity contribution in [3.63, 3.8) is 0 Å². The van der Waals surface area contributed by atoms with Crippen LogP contribution in [-0.4, -0.2) is 14.6 Å². The topological polar surface area (TPSA) is 47.3 Å². The van der Waals surface area contributed by atoms with Crippen LogP contribution in [0.25, 0.3) is 23.2 Å². The van der Waals surface area contributed by atoms with E-state index in [2.05, 4.69) is 10.1 Å². The Morgan fingerprint density at radius 3 is 2.56 bits per heavy atom. The van der Waals surface area contributed by atoms with Crippen LogP contribution in [0.3, 0.4) is 0 Å². The minimum atomic E-state index is -0.339. The van der Waals surface area contributed by atoms with Crippen LogP contribution in [0, 0.1) is 5.82 Å². The normalized spacial score (nSPS) is 12.4. The highest BCUT2D eigenvalue weighted by molar-refractivity contribution is 7.15. The average molecular weight is 349 g/mol. The van der Waals surface area contributed by atoms with E-state index in [0.29, 0.717) is 20.9 Å². The van der Waals surface area contributed by atoms with Crippen LogP contribution in [0.4, 0.5) is 4.39 Å². The number of hydrogen-bond donors (Lipinski definition) is 0. The van der Waals surface area contributed by atoms with E-state index in [-0.39, 0.29) is 11.4 Å². The molecule has 122 valence electrons. The van der Waals surface area contributed by atoms with E-state index in [1.165, 1.54) is 28.0 Å². The van der Waals surface area contributed by atoms with Crippen LogP contribution in [-0.2, 0) is 0 Å². The van der Waals surface area contributed by atoms with Crippen molar-refractivity contribution >= 4 is 34.5 Å². The lowest BCUT2D eigenvalue weighted by Gasteiger charge is -1.91. The van der Waals surface area contributed by atoms with Crippen LogP contribution in [0.1, 0.15) is 17.0 Å². The number of fused-ring (bicyclic) bond motifs is 1. The molecule has 4 nitrogen and oxygen atoms in total. The Labute approximate surface area is 146 Å². The molecule has 2 heterocycles. The van der Waals surface area contributed by atoms with Gasteiger partial charge in [0.25, 0.3) is 5.56 Å². The molecule has 25 heavy (non-hydrogen) atoms. The first-order valence-electron chi connectivity index (χ1n) is 7.59. The quantitative estimate of drug-likeness (QED) is 0.571. The first-order valence-corrected chi connectivity index (χ1v) is 8.41. The number of benzene rings is 2. The van der Waals surface area contributed by atoms with Crippen molar-refractivity contribution in [1.29, 1.82) is 0 Å². The zero-order chi connectivity index (χ0) is 17.2. The maximum atomic E-state index is 13.3. The summed E-state index contributed by atoms with van der Waals surface area (Å²) in [5.41, 5.74) is 1.41. The molecule has 0 aliphatic rings. The van der Waals surface area contributed by atoms with E-state index in [4.69, 9.17) is 0 Å². The van der Waals surface area contributed by atoms with Crippen molar-refractivity contribution in [1.82, 2.24) is 14.6 Å². The molecule has 0 saturated heterocycles. The number of halogens is 1. The highest BCUT2D eigenvalue weighted by Crippen LogP contribution is 2.08. The van der Waals surface area contributed by atoms with Crippen LogP contribution in [0.2, 0.25) is 0 Å². The summed E-state index contributed by atoms with van der Waals surface area (Å²) in [6, 6.07) is 15.9. The summed E-state index contributed by atoms with van der Waals surface area (Å²) < 4.78 is 15.0. The van der Waals surface area contributed by atoms with Gasteiger partial charge in [0.15, 0.2) is 5.82 Å². The summed E-state index contributed by atoms with van der Waals surface area (Å²) in [5, 5.41) is 4.23. The van der Waals surface area contributed by atoms with Gasteiger partial charge in [-0.05, 0) is 35.4 Å². The van der Waals surface area contributed by atoms with Crippen molar-refractivity contribution in [2.24, 2.45) is 0 Å². The summed E-state index contributed by atoms with van der Waals surface area (Å²) in [6.45, 7) is 0. The van der Waals surface area contributed by atoms with Crippen LogP contribution >= 0.6 is 11.3 Å². The Morgan fingerprint density at radius 1 is 1.00 bits per heavy atom. The molecule has 0 radical (unpaired) electrons. The molecule has 0 aliphatic carbocycles. The smallest absolute Gasteiger partial charge is 0.266 e. The fraction of sp³-hybridized carbons (Fsp3) is 0. The maximum Gasteiger partial charge on any atom is 0.291 e. The molecule has 6 heteroatoms. The van der Waals surface area contributed by atoms with Crippen LogP contribution < -0.4 is 10.1 Å². The molecule has 0 spiro atoms. The second-order valence-electron chi connectivity index (χ2n) is 5.38. The number of aromatic nitrogens is 3. The van der Waals surface area contributed by atoms with E-state index in [1.54, 1.807) is 24.3 Å². The Bertz CT molecular complexity index is 1180. The molecule has 0 N–H and O–H groups in total. The van der Waals surface area contributed by atoms with E-state index in [0.717, 1.165) is 5.56 Å². The van der Waals surface area contributed by atoms with Gasteiger partial charge in [-0.25, -0.2) is 4.39 Å². The fourth-order valence-corrected chi connectivity index (χ4v) is 3.32. The first-order chi connectivity index (χ1) is 12.2. The summed E-state index contributed by atoms with van der Waals surface area (Å²) in [6.07, 6.45) is 5.31. The minimum Gasteiger partial charge on any atom is -0.266 e. The monoisotopic (exact) mass is 349 g/mol. The van der Waals surface area contributed by atoms with Gasteiger partial charge in [-0.2, -0.15) is 9.50 Å². The number of thiazole rings is 1. The molecule has 2 aromatic carbocycles. The Kier molecular flexibility index (Phi) is 3.95. The Balaban J connectivity index is 1.70. The van der Waals surface area contributed by atoms with Crippen molar-refractivity contribution in [2.45, 2.75) is 0 Å². The van der Waals surface area contributed by atoms with Crippen LogP contribution in [0.15, 0.2) is 59.4 Å². The maximum absolute atomic E-state index is 13.3. The Hall–Kier alpha value is -3.12. The predicted molar refractivity (Wildman–Crippen MR) is 97.7 cm³/mol. The summed E-state index contributed by atoms with van der Waals surface area (Å²) in [4.78, 5) is 17.3. The van der Waals surface area contributed by atoms with E-state index in [9.17, 15) is 9.18 Å². The van der Waals surface area contributed by atoms with Crippen molar-refractivity contribution in [3.8, 4) is 0 Å². The number of nitrogens with zero attached hydrogens (tertiary/aromatic N) is 3. The molecule has 0 amide bonds. The van der Waals surface area contributed by atoms with Gasteiger partial charge < -0.3 is 0 Å². The van der Waals surface area contributed by atoms with Crippen LogP contribution in [0.5, 0.6) is 0 Å². The van der Waals surface area contributed by atoms with Crippen molar-refractivity contribution in [2.75, 3.05) is 0 Å². The third kappa shape index (κ3) is 3.25. The predicted octanol–water partition coefficient (Wildman–Crippen LogP) is 3.01. The lowest BCUT2D eigenvalue weighted by atomic mass is 10.2. The summed E-state index contributed by atoms with van der Waals surface area (Å²) >= 11 is 1.23. The largest absolute Gasteiger partial charge is 0.291 e. The third-order valence-corrected chi connectivity index (χ3v) is 4.53. The molecule has 0 bridgehead atoms. The Morgan fingerprint density at radius 2 is 1.80 bits per heavy atom. The van der Waals surface area contributed by atoms with Gasteiger partial charge in [-0.15, -0.1) is 5.10 Å². The van der Waals surface area contributed by atoms with Crippen molar-refractivity contribution in [3.05, 3.63) is 92.3 Å². The lowest BCUT2D eigenvalue weighted by Crippen LogP contribution is -2.23. The lowest BCUT2D eigenvalue weighted by molar-refractivity contribution is 0.627. The SMILES string of the molecule is O=c1/c(=C\c2cccc(F)c2)sc2nc(/C=C/c3ccccc3)nn12. The van der Waals surface area contributed by atoms with Gasteiger partial charge in [0.1, 0.15) is 5.82 Å². The molecule has 0 unspecified atom stereocenters. The number of hydrogen-bond acceptors (Lipinski definition) is 4. The van der Waals surface area contributed by atoms with E-state index < -0.39 is 0 Å². The zero-order valence-corrected chi connectivity index (χ0v) is 13.8. The molecule has 2 aromatic heterocycles. The van der Waals surface area contributed by atoms with E-state index >= 15 is 0 Å². The average Bonchev–Trinajstić information content (AvgIpc) is 3.14. The van der Waals surface area contributed by atoms with Crippen molar-refractivity contribution < 1.29 is 4.39 Å². The molecular formula is C19H12FN3OS. The first kappa shape index (κ1) is 15.4. The molecule has 0 fully saturated rings. The molecule has 0 aliphatic heterocycles. The molecule has 0 saturated carbocycles. The third-order valence-electron chi connectivity index (χ3n) is 3.57. The standard InChI is InChI=1S/C19H12FN3OS/c20-15-8-4-7-14(11-15)12-16-18(24)23-19(25-16)21-17(22-23)10-9-13-5-2-1-3-6-13/h1-12H/b10-9+,16-12+. The van der Waals surface area contributed by atoms with Gasteiger partial charge in [-0.3, -0.25) is 4.79 Å². The molecule has 4 rings (SSSR count). The molecular weight excluding hydrogens is 337 g/mol.